The Kier molecular flexibility index (Phi) is 5.69. The van der Waals surface area contributed by atoms with Gasteiger partial charge in [0.05, 0.1) is 4.75 Å². The second-order valence-corrected chi connectivity index (χ2v) is 12.2. The highest BCUT2D eigenvalue weighted by Gasteiger charge is 2.62. The lowest BCUT2D eigenvalue weighted by atomic mass is 9.93. The van der Waals surface area contributed by atoms with E-state index in [1.807, 2.05) is 12.2 Å². The van der Waals surface area contributed by atoms with E-state index in [1.54, 1.807) is 18.9 Å². The first-order valence-electron chi connectivity index (χ1n) is 11.4. The summed E-state index contributed by atoms with van der Waals surface area (Å²) in [5.74, 6) is -2.09. The van der Waals surface area contributed by atoms with Crippen molar-refractivity contribution >= 4 is 27.7 Å². The Morgan fingerprint density at radius 1 is 1.16 bits per heavy atom. The molecule has 3 saturated carbocycles. The van der Waals surface area contributed by atoms with E-state index in [4.69, 9.17) is 0 Å². The summed E-state index contributed by atoms with van der Waals surface area (Å²) in [5, 5.41) is 2.88. The van der Waals surface area contributed by atoms with Crippen molar-refractivity contribution in [3.63, 3.8) is 0 Å². The third-order valence-corrected chi connectivity index (χ3v) is 9.78. The first-order valence-corrected chi connectivity index (χ1v) is 12.9. The summed E-state index contributed by atoms with van der Waals surface area (Å²) < 4.78 is 26.6. The molecule has 0 aromatic rings. The fourth-order valence-corrected chi connectivity index (χ4v) is 6.22. The maximum atomic E-state index is 13.2. The van der Waals surface area contributed by atoms with Crippen LogP contribution in [0.3, 0.4) is 0 Å². The third-order valence-electron chi connectivity index (χ3n) is 7.62. The molecule has 0 spiro atoms. The van der Waals surface area contributed by atoms with Gasteiger partial charge in [-0.05, 0) is 58.3 Å². The normalized spacial score (nSPS) is 35.4. The average molecular weight is 452 g/mol. The van der Waals surface area contributed by atoms with Crippen molar-refractivity contribution in [1.29, 1.82) is 0 Å². The minimum absolute atomic E-state index is 0.0136. The number of sulfonamides is 1. The van der Waals surface area contributed by atoms with Crippen molar-refractivity contribution in [2.24, 2.45) is 17.8 Å². The number of carbonyl (C=O) groups excluding carboxylic acids is 3. The molecule has 1 heterocycles. The molecule has 0 aromatic heterocycles. The molecule has 172 valence electrons. The van der Waals surface area contributed by atoms with Crippen molar-refractivity contribution in [2.75, 3.05) is 13.6 Å². The molecular weight excluding hydrogens is 418 g/mol. The van der Waals surface area contributed by atoms with Gasteiger partial charge in [-0.1, -0.05) is 18.6 Å². The molecule has 9 heteroatoms. The number of hydrogen-bond donors (Lipinski definition) is 2. The Morgan fingerprint density at radius 3 is 2.58 bits per heavy atom. The van der Waals surface area contributed by atoms with Crippen LogP contribution >= 0.6 is 0 Å². The van der Waals surface area contributed by atoms with E-state index in [0.29, 0.717) is 38.6 Å². The fourth-order valence-electron chi connectivity index (χ4n) is 4.91. The van der Waals surface area contributed by atoms with Gasteiger partial charge >= 0.3 is 0 Å². The molecule has 31 heavy (non-hydrogen) atoms. The van der Waals surface area contributed by atoms with Crippen LogP contribution in [-0.2, 0) is 24.4 Å². The summed E-state index contributed by atoms with van der Waals surface area (Å²) in [7, 11) is -2.01. The first-order chi connectivity index (χ1) is 14.6. The maximum absolute atomic E-state index is 13.2. The molecular formula is C22H33N3O5S. The number of nitrogens with one attached hydrogen (secondary N) is 2. The number of carbonyl (C=O) groups is 3. The number of rotatable bonds is 3. The number of hydrogen-bond acceptors (Lipinski definition) is 5. The van der Waals surface area contributed by atoms with Crippen molar-refractivity contribution in [2.45, 2.75) is 75.0 Å². The van der Waals surface area contributed by atoms with Gasteiger partial charge in [-0.3, -0.25) is 19.1 Å². The quantitative estimate of drug-likeness (QED) is 0.631. The molecule has 4 aliphatic rings. The van der Waals surface area contributed by atoms with Gasteiger partial charge in [0.1, 0.15) is 5.54 Å². The number of nitrogens with zero attached hydrogens (tertiary/aromatic N) is 1. The standard InChI is InChI=1S/C22H33N3O5S/c1-21(11-12-21)31(29,30)24-20(28)22-14-15(22)8-5-3-4-6-13-25(2)19(27)17-10-7-9-16(17)18(26)23-22/h5,8,15-17H,3-4,6-7,9-14H2,1-2H3,(H,23,26)(H,24,28)/t15?,16-,17?,22-/m1/s1. The van der Waals surface area contributed by atoms with Crippen LogP contribution in [0.1, 0.15) is 64.7 Å². The number of fused-ring (bicyclic) bond motifs is 2. The monoisotopic (exact) mass is 451 g/mol. The molecule has 4 rings (SSSR count). The Balaban J connectivity index is 1.57. The third kappa shape index (κ3) is 4.13. The van der Waals surface area contributed by atoms with E-state index in [1.165, 1.54) is 0 Å². The molecule has 3 aliphatic carbocycles. The predicted octanol–water partition coefficient (Wildman–Crippen LogP) is 1.47. The molecule has 0 bridgehead atoms. The van der Waals surface area contributed by atoms with E-state index in [-0.39, 0.29) is 23.7 Å². The van der Waals surface area contributed by atoms with Crippen molar-refractivity contribution in [1.82, 2.24) is 14.9 Å². The SMILES string of the molecule is CN1CCCCC=CC2C[C@@]2(C(=O)NS(=O)(=O)C2(C)CC2)NC(=O)[C@@H]2CCCC2C1=O. The van der Waals surface area contributed by atoms with Gasteiger partial charge < -0.3 is 10.2 Å². The van der Waals surface area contributed by atoms with Crippen LogP contribution in [0.2, 0.25) is 0 Å². The highest BCUT2D eigenvalue weighted by Crippen LogP contribution is 2.48. The molecule has 8 nitrogen and oxygen atoms in total. The van der Waals surface area contributed by atoms with E-state index < -0.39 is 32.1 Å². The number of allylic oxidation sites excluding steroid dienone is 1. The van der Waals surface area contributed by atoms with E-state index in [0.717, 1.165) is 25.7 Å². The van der Waals surface area contributed by atoms with Crippen molar-refractivity contribution < 1.29 is 22.8 Å². The van der Waals surface area contributed by atoms with Crippen molar-refractivity contribution in [3.8, 4) is 0 Å². The lowest BCUT2D eigenvalue weighted by Gasteiger charge is -2.27. The largest absolute Gasteiger partial charge is 0.346 e. The smallest absolute Gasteiger partial charge is 0.259 e. The Labute approximate surface area is 184 Å². The molecule has 2 N–H and O–H groups in total. The van der Waals surface area contributed by atoms with Gasteiger partial charge in [0.25, 0.3) is 5.91 Å². The van der Waals surface area contributed by atoms with Crippen LogP contribution in [0.15, 0.2) is 12.2 Å². The summed E-state index contributed by atoms with van der Waals surface area (Å²) in [6, 6.07) is 0. The van der Waals surface area contributed by atoms with Gasteiger partial charge in [-0.25, -0.2) is 8.42 Å². The molecule has 1 aliphatic heterocycles. The van der Waals surface area contributed by atoms with Crippen LogP contribution in [-0.4, -0.2) is 54.9 Å². The molecule has 0 saturated heterocycles. The van der Waals surface area contributed by atoms with Gasteiger partial charge in [0.2, 0.25) is 21.8 Å². The summed E-state index contributed by atoms with van der Waals surface area (Å²) in [4.78, 5) is 41.0. The van der Waals surface area contributed by atoms with Crippen LogP contribution < -0.4 is 10.0 Å². The minimum Gasteiger partial charge on any atom is -0.346 e. The van der Waals surface area contributed by atoms with E-state index in [2.05, 4.69) is 10.0 Å². The second-order valence-electron chi connectivity index (χ2n) is 9.98. The molecule has 0 radical (unpaired) electrons. The highest BCUT2D eigenvalue weighted by atomic mass is 32.2. The first kappa shape index (κ1) is 22.3. The minimum atomic E-state index is -3.79. The summed E-state index contributed by atoms with van der Waals surface area (Å²) >= 11 is 0. The van der Waals surface area contributed by atoms with Crippen molar-refractivity contribution in [3.05, 3.63) is 12.2 Å². The fraction of sp³-hybridized carbons (Fsp3) is 0.773. The van der Waals surface area contributed by atoms with Gasteiger partial charge in [-0.2, -0.15) is 0 Å². The lowest BCUT2D eigenvalue weighted by molar-refractivity contribution is -0.140. The Bertz CT molecular complexity index is 910. The summed E-state index contributed by atoms with van der Waals surface area (Å²) in [6.45, 7) is 2.30. The molecule has 3 fully saturated rings. The zero-order valence-electron chi connectivity index (χ0n) is 18.4. The maximum Gasteiger partial charge on any atom is 0.259 e. The topological polar surface area (TPSA) is 113 Å². The van der Waals surface area contributed by atoms with Crippen LogP contribution in [0.4, 0.5) is 0 Å². The predicted molar refractivity (Wildman–Crippen MR) is 115 cm³/mol. The van der Waals surface area contributed by atoms with Crippen LogP contribution in [0.5, 0.6) is 0 Å². The molecule has 0 aromatic carbocycles. The van der Waals surface area contributed by atoms with Crippen LogP contribution in [0.25, 0.3) is 0 Å². The zero-order valence-corrected chi connectivity index (χ0v) is 19.2. The van der Waals surface area contributed by atoms with Crippen LogP contribution in [0, 0.1) is 17.8 Å². The van der Waals surface area contributed by atoms with Gasteiger partial charge in [0.15, 0.2) is 0 Å². The molecule has 3 amide bonds. The van der Waals surface area contributed by atoms with Gasteiger partial charge in [-0.15, -0.1) is 0 Å². The Hall–Kier alpha value is -1.90. The second kappa shape index (κ2) is 7.90. The number of amides is 3. The van der Waals surface area contributed by atoms with E-state index >= 15 is 0 Å². The average Bonchev–Trinajstić information content (AvgIpc) is 3.56. The summed E-state index contributed by atoms with van der Waals surface area (Å²) in [6.07, 6.45) is 10.0. The highest BCUT2D eigenvalue weighted by molar-refractivity contribution is 7.91. The summed E-state index contributed by atoms with van der Waals surface area (Å²) in [5.41, 5.74) is -1.25. The van der Waals surface area contributed by atoms with E-state index in [9.17, 15) is 22.8 Å². The molecule has 2 unspecified atom stereocenters. The van der Waals surface area contributed by atoms with Gasteiger partial charge in [0, 0.05) is 31.3 Å². The lowest BCUT2D eigenvalue weighted by Crippen LogP contribution is -2.55. The zero-order chi connectivity index (χ0) is 22.4. The molecule has 4 atom stereocenters. The Morgan fingerprint density at radius 2 is 1.87 bits per heavy atom.